The lowest BCUT2D eigenvalue weighted by Gasteiger charge is -2.25. The van der Waals surface area contributed by atoms with Gasteiger partial charge in [0.2, 0.25) is 10.0 Å². The highest BCUT2D eigenvalue weighted by Crippen LogP contribution is 2.18. The second-order valence-corrected chi connectivity index (χ2v) is 6.30. The first-order valence-electron chi connectivity index (χ1n) is 6.43. The highest BCUT2D eigenvalue weighted by atomic mass is 32.2. The molecule has 2 N–H and O–H groups in total. The molecular weight excluding hydrogens is 306 g/mol. The van der Waals surface area contributed by atoms with Crippen LogP contribution in [0.15, 0.2) is 65.6 Å². The predicted octanol–water partition coefficient (Wildman–Crippen LogP) is -0.183. The van der Waals surface area contributed by atoms with Gasteiger partial charge in [0, 0.05) is 0 Å². The first kappa shape index (κ1) is 16.2. The molecule has 2 aromatic rings. The van der Waals surface area contributed by atoms with Crippen molar-refractivity contribution in [1.29, 1.82) is 0 Å². The van der Waals surface area contributed by atoms with Crippen molar-refractivity contribution < 1.29 is 23.4 Å². The molecule has 0 fully saturated rings. The van der Waals surface area contributed by atoms with Crippen LogP contribution < -0.4 is 9.83 Å². The molecule has 0 aliphatic rings. The standard InChI is InChI=1S/C15H15NO5S/c17-14(11-7-3-1-4-8-11)13(15(18)19)16-22(20,21)12-9-5-2-6-10-12/h1-10,13-14,16-17H,(H,18,19)/p-1/t13-,14+/m1/s1. The predicted molar refractivity (Wildman–Crippen MR) is 77.0 cm³/mol. The quantitative estimate of drug-likeness (QED) is 0.768. The monoisotopic (exact) mass is 320 g/mol. The second kappa shape index (κ2) is 6.69. The van der Waals surface area contributed by atoms with E-state index in [9.17, 15) is 23.4 Å². The number of carbonyl (C=O) groups excluding carboxylic acids is 1. The fourth-order valence-electron chi connectivity index (χ4n) is 1.92. The Morgan fingerprint density at radius 1 is 1.00 bits per heavy atom. The second-order valence-electron chi connectivity index (χ2n) is 4.59. The molecule has 0 saturated heterocycles. The minimum absolute atomic E-state index is 0.0958. The van der Waals surface area contributed by atoms with Crippen LogP contribution in [0.4, 0.5) is 0 Å². The number of aliphatic carboxylic acids is 1. The molecule has 7 heteroatoms. The van der Waals surface area contributed by atoms with Crippen LogP contribution in [-0.2, 0) is 14.8 Å². The molecule has 2 atom stereocenters. The Balaban J connectivity index is 2.28. The van der Waals surface area contributed by atoms with Gasteiger partial charge in [0.1, 0.15) is 6.10 Å². The summed E-state index contributed by atoms with van der Waals surface area (Å²) < 4.78 is 26.3. The summed E-state index contributed by atoms with van der Waals surface area (Å²) in [5.41, 5.74) is 0.271. The lowest BCUT2D eigenvalue weighted by molar-refractivity contribution is -0.310. The van der Waals surface area contributed by atoms with Crippen LogP contribution in [0, 0.1) is 0 Å². The van der Waals surface area contributed by atoms with Crippen LogP contribution in [-0.4, -0.2) is 25.5 Å². The molecule has 0 bridgehead atoms. The lowest BCUT2D eigenvalue weighted by atomic mass is 10.0. The van der Waals surface area contributed by atoms with Gasteiger partial charge < -0.3 is 15.0 Å². The van der Waals surface area contributed by atoms with E-state index < -0.39 is 28.1 Å². The highest BCUT2D eigenvalue weighted by Gasteiger charge is 2.27. The summed E-state index contributed by atoms with van der Waals surface area (Å²) >= 11 is 0. The Kier molecular flexibility index (Phi) is 4.92. The van der Waals surface area contributed by atoms with E-state index in [1.54, 1.807) is 24.3 Å². The Morgan fingerprint density at radius 2 is 1.50 bits per heavy atom. The van der Waals surface area contributed by atoms with E-state index >= 15 is 0 Å². The number of rotatable bonds is 6. The van der Waals surface area contributed by atoms with E-state index in [-0.39, 0.29) is 10.5 Å². The maximum atomic E-state index is 12.2. The SMILES string of the molecule is O=C([O-])[C@H](NS(=O)(=O)c1ccccc1)[C@@H](O)c1ccccc1. The first-order valence-corrected chi connectivity index (χ1v) is 7.91. The number of hydrogen-bond acceptors (Lipinski definition) is 5. The van der Waals surface area contributed by atoms with Crippen LogP contribution in [0.1, 0.15) is 11.7 Å². The largest absolute Gasteiger partial charge is 0.548 e. The first-order chi connectivity index (χ1) is 10.4. The molecule has 2 rings (SSSR count). The summed E-state index contributed by atoms with van der Waals surface area (Å²) in [5.74, 6) is -1.71. The van der Waals surface area contributed by atoms with Crippen molar-refractivity contribution in [1.82, 2.24) is 4.72 Å². The summed E-state index contributed by atoms with van der Waals surface area (Å²) in [6.45, 7) is 0. The molecule has 6 nitrogen and oxygen atoms in total. The molecule has 116 valence electrons. The van der Waals surface area contributed by atoms with E-state index in [1.807, 2.05) is 4.72 Å². The number of hydrogen-bond donors (Lipinski definition) is 2. The summed E-state index contributed by atoms with van der Waals surface area (Å²) in [5, 5.41) is 21.3. The van der Waals surface area contributed by atoms with E-state index in [4.69, 9.17) is 0 Å². The van der Waals surface area contributed by atoms with Gasteiger partial charge >= 0.3 is 0 Å². The minimum Gasteiger partial charge on any atom is -0.548 e. The molecule has 0 unspecified atom stereocenters. The number of nitrogens with one attached hydrogen (secondary N) is 1. The van der Waals surface area contributed by atoms with E-state index in [2.05, 4.69) is 0 Å². The Morgan fingerprint density at radius 3 is 2.00 bits per heavy atom. The zero-order chi connectivity index (χ0) is 16.2. The fraction of sp³-hybridized carbons (Fsp3) is 0.133. The smallest absolute Gasteiger partial charge is 0.241 e. The Bertz CT molecular complexity index is 731. The molecule has 0 spiro atoms. The molecule has 22 heavy (non-hydrogen) atoms. The summed E-state index contributed by atoms with van der Waals surface area (Å²) in [6, 6.07) is 13.4. The van der Waals surface area contributed by atoms with Crippen LogP contribution >= 0.6 is 0 Å². The summed E-state index contributed by atoms with van der Waals surface area (Å²) in [4.78, 5) is 11.1. The number of aliphatic hydroxyl groups excluding tert-OH is 1. The van der Waals surface area contributed by atoms with Crippen LogP contribution in [0.5, 0.6) is 0 Å². The van der Waals surface area contributed by atoms with Gasteiger partial charge in [-0.1, -0.05) is 48.5 Å². The zero-order valence-electron chi connectivity index (χ0n) is 11.4. The van der Waals surface area contributed by atoms with E-state index in [0.717, 1.165) is 0 Å². The van der Waals surface area contributed by atoms with Gasteiger partial charge in [0.15, 0.2) is 0 Å². The van der Waals surface area contributed by atoms with Crippen molar-refractivity contribution in [3.8, 4) is 0 Å². The fourth-order valence-corrected chi connectivity index (χ4v) is 3.13. The number of carboxylic acids is 1. The van der Waals surface area contributed by atoms with E-state index in [0.29, 0.717) is 0 Å². The average Bonchev–Trinajstić information content (AvgIpc) is 2.53. The highest BCUT2D eigenvalue weighted by molar-refractivity contribution is 7.89. The van der Waals surface area contributed by atoms with Crippen molar-refractivity contribution in [2.75, 3.05) is 0 Å². The molecule has 0 aromatic heterocycles. The number of carbonyl (C=O) groups is 1. The van der Waals surface area contributed by atoms with Gasteiger partial charge in [-0.3, -0.25) is 0 Å². The van der Waals surface area contributed by atoms with Crippen molar-refractivity contribution in [2.24, 2.45) is 0 Å². The van der Waals surface area contributed by atoms with Crippen molar-refractivity contribution in [3.63, 3.8) is 0 Å². The molecule has 0 aliphatic heterocycles. The average molecular weight is 320 g/mol. The molecule has 0 heterocycles. The summed E-state index contributed by atoms with van der Waals surface area (Å²) in [6.07, 6.45) is -1.57. The van der Waals surface area contributed by atoms with Crippen molar-refractivity contribution in [2.45, 2.75) is 17.0 Å². The maximum absolute atomic E-state index is 12.2. The topological polar surface area (TPSA) is 107 Å². The van der Waals surface area contributed by atoms with Gasteiger partial charge in [0.05, 0.1) is 16.9 Å². The normalized spacial score (nSPS) is 14.2. The number of sulfonamides is 1. The third-order valence-corrected chi connectivity index (χ3v) is 4.50. The number of benzene rings is 2. The Hall–Kier alpha value is -2.22. The number of aliphatic hydroxyl groups is 1. The van der Waals surface area contributed by atoms with Crippen LogP contribution in [0.25, 0.3) is 0 Å². The molecule has 0 radical (unpaired) electrons. The van der Waals surface area contributed by atoms with Crippen LogP contribution in [0.3, 0.4) is 0 Å². The molecular formula is C15H14NO5S-. The number of carboxylic acid groups (broad SMARTS) is 1. The van der Waals surface area contributed by atoms with Gasteiger partial charge in [-0.2, -0.15) is 4.72 Å². The van der Waals surface area contributed by atoms with Gasteiger partial charge in [0.25, 0.3) is 0 Å². The molecule has 0 saturated carbocycles. The van der Waals surface area contributed by atoms with Crippen molar-refractivity contribution >= 4 is 16.0 Å². The third-order valence-electron chi connectivity index (χ3n) is 3.05. The minimum atomic E-state index is -4.09. The molecule has 2 aromatic carbocycles. The maximum Gasteiger partial charge on any atom is 0.241 e. The van der Waals surface area contributed by atoms with Gasteiger partial charge in [-0.05, 0) is 17.7 Å². The Labute approximate surface area is 128 Å². The van der Waals surface area contributed by atoms with E-state index in [1.165, 1.54) is 36.4 Å². The van der Waals surface area contributed by atoms with Gasteiger partial charge in [-0.25, -0.2) is 8.42 Å². The zero-order valence-corrected chi connectivity index (χ0v) is 12.2. The molecule has 0 amide bonds. The lowest BCUT2D eigenvalue weighted by Crippen LogP contribution is -2.51. The van der Waals surface area contributed by atoms with Gasteiger partial charge in [-0.15, -0.1) is 0 Å². The van der Waals surface area contributed by atoms with Crippen molar-refractivity contribution in [3.05, 3.63) is 66.2 Å². The molecule has 0 aliphatic carbocycles. The van der Waals surface area contributed by atoms with Crippen LogP contribution in [0.2, 0.25) is 0 Å². The summed E-state index contributed by atoms with van der Waals surface area (Å²) in [7, 11) is -4.09. The third kappa shape index (κ3) is 3.70.